The molecule has 0 amide bonds. The van der Waals surface area contributed by atoms with E-state index in [1.807, 2.05) is 0 Å². The summed E-state index contributed by atoms with van der Waals surface area (Å²) in [7, 11) is 3.18. The Labute approximate surface area is 77.9 Å². The first-order valence-electron chi connectivity index (χ1n) is 3.25. The van der Waals surface area contributed by atoms with E-state index in [0.29, 0.717) is 11.4 Å². The average molecular weight is 190 g/mol. The molecule has 0 aliphatic carbocycles. The Bertz CT molecular complexity index is 253. The molecule has 68 valence electrons. The second-order valence-electron chi connectivity index (χ2n) is 2.11. The number of hydrogen-bond acceptors (Lipinski definition) is 3. The molecule has 1 aromatic rings. The van der Waals surface area contributed by atoms with E-state index < -0.39 is 0 Å². The van der Waals surface area contributed by atoms with Crippen LogP contribution >= 0.6 is 12.4 Å². The quantitative estimate of drug-likeness (QED) is 0.721. The maximum atomic E-state index is 5.60. The molecule has 1 rings (SSSR count). The fraction of sp³-hybridized carbons (Fsp3) is 0.250. The summed E-state index contributed by atoms with van der Waals surface area (Å²) in [5.74, 6) is 1.41. The summed E-state index contributed by atoms with van der Waals surface area (Å²) in [6.45, 7) is 0. The molecule has 0 radical (unpaired) electrons. The maximum absolute atomic E-state index is 5.60. The van der Waals surface area contributed by atoms with Gasteiger partial charge in [0.1, 0.15) is 11.5 Å². The van der Waals surface area contributed by atoms with Crippen molar-refractivity contribution < 1.29 is 9.47 Å². The Morgan fingerprint density at radius 3 is 2.25 bits per heavy atom. The van der Waals surface area contributed by atoms with E-state index in [9.17, 15) is 0 Å². The standard InChI is InChI=1S/C8H11NO2.ClH/c1-10-6-3-4-8(11-2)7(9)5-6;/h3-5H,9H2,1-2H3;1H. The molecule has 0 aliphatic heterocycles. The first-order valence-corrected chi connectivity index (χ1v) is 3.25. The highest BCUT2D eigenvalue weighted by atomic mass is 35.5. The topological polar surface area (TPSA) is 44.5 Å². The lowest BCUT2D eigenvalue weighted by Crippen LogP contribution is -1.92. The van der Waals surface area contributed by atoms with Gasteiger partial charge in [0.2, 0.25) is 0 Å². The molecule has 0 fully saturated rings. The van der Waals surface area contributed by atoms with Crippen LogP contribution in [0.25, 0.3) is 0 Å². The van der Waals surface area contributed by atoms with Gasteiger partial charge in [0.15, 0.2) is 0 Å². The second kappa shape index (κ2) is 4.72. The predicted molar refractivity (Wildman–Crippen MR) is 51.2 cm³/mol. The van der Waals surface area contributed by atoms with Crippen molar-refractivity contribution in [3.8, 4) is 11.5 Å². The molecular formula is C8H12ClNO2. The summed E-state index contributed by atoms with van der Waals surface area (Å²) in [6, 6.07) is 5.29. The normalized spacial score (nSPS) is 8.50. The molecule has 0 aromatic heterocycles. The highest BCUT2D eigenvalue weighted by Gasteiger charge is 1.98. The Kier molecular flexibility index (Phi) is 4.29. The number of benzene rings is 1. The van der Waals surface area contributed by atoms with Crippen molar-refractivity contribution in [2.24, 2.45) is 0 Å². The minimum atomic E-state index is 0. The van der Waals surface area contributed by atoms with Crippen LogP contribution < -0.4 is 15.2 Å². The molecule has 0 unspecified atom stereocenters. The largest absolute Gasteiger partial charge is 0.497 e. The van der Waals surface area contributed by atoms with Crippen LogP contribution in [0.1, 0.15) is 0 Å². The molecule has 0 bridgehead atoms. The van der Waals surface area contributed by atoms with E-state index in [1.165, 1.54) is 0 Å². The highest BCUT2D eigenvalue weighted by Crippen LogP contribution is 2.25. The monoisotopic (exact) mass is 189 g/mol. The molecule has 0 atom stereocenters. The van der Waals surface area contributed by atoms with Gasteiger partial charge in [-0.05, 0) is 12.1 Å². The Morgan fingerprint density at radius 1 is 1.17 bits per heavy atom. The van der Waals surface area contributed by atoms with Crippen LogP contribution in [-0.4, -0.2) is 14.2 Å². The Balaban J connectivity index is 0.00000121. The molecule has 0 spiro atoms. The Hall–Kier alpha value is -1.09. The molecule has 0 aliphatic rings. The summed E-state index contributed by atoms with van der Waals surface area (Å²) in [4.78, 5) is 0. The van der Waals surface area contributed by atoms with Crippen molar-refractivity contribution in [1.29, 1.82) is 0 Å². The molecule has 12 heavy (non-hydrogen) atoms. The molecule has 4 heteroatoms. The summed E-state index contributed by atoms with van der Waals surface area (Å²) < 4.78 is 9.92. The lowest BCUT2D eigenvalue weighted by molar-refractivity contribution is 0.405. The zero-order valence-corrected chi connectivity index (χ0v) is 7.85. The second-order valence-corrected chi connectivity index (χ2v) is 2.11. The van der Waals surface area contributed by atoms with Crippen molar-refractivity contribution >= 4 is 18.1 Å². The number of nitrogen functional groups attached to an aromatic ring is 1. The van der Waals surface area contributed by atoms with Gasteiger partial charge < -0.3 is 15.2 Å². The summed E-state index contributed by atoms with van der Waals surface area (Å²) >= 11 is 0. The number of hydrogen-bond donors (Lipinski definition) is 1. The van der Waals surface area contributed by atoms with E-state index in [1.54, 1.807) is 32.4 Å². The first kappa shape index (κ1) is 10.9. The van der Waals surface area contributed by atoms with E-state index in [-0.39, 0.29) is 12.4 Å². The van der Waals surface area contributed by atoms with Crippen LogP contribution in [0.15, 0.2) is 18.2 Å². The van der Waals surface area contributed by atoms with Gasteiger partial charge in [-0.2, -0.15) is 0 Å². The lowest BCUT2D eigenvalue weighted by atomic mass is 10.3. The van der Waals surface area contributed by atoms with Gasteiger partial charge in [-0.1, -0.05) is 0 Å². The highest BCUT2D eigenvalue weighted by molar-refractivity contribution is 5.85. The van der Waals surface area contributed by atoms with Crippen LogP contribution in [0.4, 0.5) is 5.69 Å². The molecule has 2 N–H and O–H groups in total. The summed E-state index contributed by atoms with van der Waals surface area (Å²) in [5.41, 5.74) is 6.19. The number of methoxy groups -OCH3 is 2. The average Bonchev–Trinajstić information content (AvgIpc) is 2.04. The predicted octanol–water partition coefficient (Wildman–Crippen LogP) is 1.71. The van der Waals surface area contributed by atoms with Crippen LogP contribution in [0.5, 0.6) is 11.5 Å². The van der Waals surface area contributed by atoms with Gasteiger partial charge in [0.05, 0.1) is 19.9 Å². The zero-order chi connectivity index (χ0) is 8.27. The number of nitrogens with two attached hydrogens (primary N) is 1. The van der Waals surface area contributed by atoms with Crippen molar-refractivity contribution in [3.05, 3.63) is 18.2 Å². The fourth-order valence-corrected chi connectivity index (χ4v) is 0.839. The van der Waals surface area contributed by atoms with E-state index >= 15 is 0 Å². The molecule has 1 aromatic carbocycles. The van der Waals surface area contributed by atoms with Crippen LogP contribution in [0, 0.1) is 0 Å². The lowest BCUT2D eigenvalue weighted by Gasteiger charge is -2.05. The summed E-state index contributed by atoms with van der Waals surface area (Å²) in [6.07, 6.45) is 0. The van der Waals surface area contributed by atoms with E-state index in [4.69, 9.17) is 15.2 Å². The SMILES string of the molecule is COc1ccc(OC)c(N)c1.Cl. The van der Waals surface area contributed by atoms with Crippen molar-refractivity contribution in [3.63, 3.8) is 0 Å². The van der Waals surface area contributed by atoms with Crippen LogP contribution in [-0.2, 0) is 0 Å². The maximum Gasteiger partial charge on any atom is 0.142 e. The third-order valence-corrected chi connectivity index (χ3v) is 1.44. The number of ether oxygens (including phenoxy) is 2. The van der Waals surface area contributed by atoms with Crippen LogP contribution in [0.3, 0.4) is 0 Å². The third-order valence-electron chi connectivity index (χ3n) is 1.44. The molecule has 3 nitrogen and oxygen atoms in total. The van der Waals surface area contributed by atoms with E-state index in [0.717, 1.165) is 5.75 Å². The van der Waals surface area contributed by atoms with Crippen molar-refractivity contribution in [2.75, 3.05) is 20.0 Å². The van der Waals surface area contributed by atoms with Gasteiger partial charge in [-0.15, -0.1) is 12.4 Å². The minimum Gasteiger partial charge on any atom is -0.497 e. The van der Waals surface area contributed by atoms with Crippen molar-refractivity contribution in [1.82, 2.24) is 0 Å². The number of halogens is 1. The summed E-state index contributed by atoms with van der Waals surface area (Å²) in [5, 5.41) is 0. The molecule has 0 heterocycles. The smallest absolute Gasteiger partial charge is 0.142 e. The van der Waals surface area contributed by atoms with Gasteiger partial charge in [-0.25, -0.2) is 0 Å². The minimum absolute atomic E-state index is 0. The van der Waals surface area contributed by atoms with Gasteiger partial charge in [0.25, 0.3) is 0 Å². The molecule has 0 saturated heterocycles. The first-order chi connectivity index (χ1) is 5.27. The number of rotatable bonds is 2. The van der Waals surface area contributed by atoms with E-state index in [2.05, 4.69) is 0 Å². The van der Waals surface area contributed by atoms with Gasteiger partial charge in [0, 0.05) is 6.07 Å². The van der Waals surface area contributed by atoms with Gasteiger partial charge >= 0.3 is 0 Å². The zero-order valence-electron chi connectivity index (χ0n) is 7.03. The third kappa shape index (κ3) is 2.20. The molecule has 0 saturated carbocycles. The number of anilines is 1. The fourth-order valence-electron chi connectivity index (χ4n) is 0.839. The Morgan fingerprint density at radius 2 is 1.83 bits per heavy atom. The molecular weight excluding hydrogens is 178 g/mol. The van der Waals surface area contributed by atoms with Crippen LogP contribution in [0.2, 0.25) is 0 Å². The van der Waals surface area contributed by atoms with Gasteiger partial charge in [-0.3, -0.25) is 0 Å². The van der Waals surface area contributed by atoms with Crippen molar-refractivity contribution in [2.45, 2.75) is 0 Å².